The van der Waals surface area contributed by atoms with Crippen LogP contribution < -0.4 is 10.1 Å². The second-order valence-electron chi connectivity index (χ2n) is 6.06. The molecule has 1 heterocycles. The number of rotatable bonds is 6. The first-order valence-electron chi connectivity index (χ1n) is 8.05. The zero-order valence-corrected chi connectivity index (χ0v) is 16.4. The number of aromatic nitrogens is 1. The van der Waals surface area contributed by atoms with E-state index in [-0.39, 0.29) is 16.7 Å². The number of anilines is 1. The number of carbonyl (C=O) groups excluding carboxylic acids is 1. The summed E-state index contributed by atoms with van der Waals surface area (Å²) in [5.74, 6) is 0.931. The topological polar surface area (TPSA) is 51.2 Å². The standard InChI is InChI=1S/C19H19BrN2O2S/c1-12(2)17(20)18(23)22-19-21-15-9-8-14(10-16(15)25-19)24-11-13-6-4-3-5-7-13/h3-10,12,17H,11H2,1-2H3,(H,21,22,23)/t17-/m0/s1. The lowest BCUT2D eigenvalue weighted by Crippen LogP contribution is -2.26. The van der Waals surface area contributed by atoms with Crippen LogP contribution in [0.2, 0.25) is 0 Å². The molecule has 1 N–H and O–H groups in total. The fourth-order valence-electron chi connectivity index (χ4n) is 2.27. The van der Waals surface area contributed by atoms with Crippen molar-refractivity contribution in [3.8, 4) is 5.75 Å². The molecule has 2 aromatic carbocycles. The molecule has 3 aromatic rings. The summed E-state index contributed by atoms with van der Waals surface area (Å²) in [6, 6.07) is 15.8. The van der Waals surface area contributed by atoms with E-state index in [9.17, 15) is 4.79 Å². The van der Waals surface area contributed by atoms with E-state index >= 15 is 0 Å². The summed E-state index contributed by atoms with van der Waals surface area (Å²) < 4.78 is 6.83. The van der Waals surface area contributed by atoms with E-state index in [1.807, 2.05) is 62.4 Å². The fraction of sp³-hybridized carbons (Fsp3) is 0.263. The Morgan fingerprint density at radius 2 is 2.00 bits per heavy atom. The third-order valence-corrected chi connectivity index (χ3v) is 6.08. The highest BCUT2D eigenvalue weighted by Crippen LogP contribution is 2.30. The smallest absolute Gasteiger partial charge is 0.240 e. The van der Waals surface area contributed by atoms with Gasteiger partial charge in [-0.05, 0) is 29.7 Å². The van der Waals surface area contributed by atoms with Crippen LogP contribution >= 0.6 is 27.3 Å². The van der Waals surface area contributed by atoms with Gasteiger partial charge in [0.15, 0.2) is 5.13 Å². The van der Waals surface area contributed by atoms with Crippen molar-refractivity contribution in [2.45, 2.75) is 25.3 Å². The summed E-state index contributed by atoms with van der Waals surface area (Å²) in [5.41, 5.74) is 1.97. The van der Waals surface area contributed by atoms with Gasteiger partial charge in [-0.1, -0.05) is 71.4 Å². The van der Waals surface area contributed by atoms with E-state index in [0.29, 0.717) is 11.7 Å². The van der Waals surface area contributed by atoms with Crippen molar-refractivity contribution in [1.29, 1.82) is 0 Å². The molecule has 4 nitrogen and oxygen atoms in total. The molecule has 0 aliphatic heterocycles. The zero-order chi connectivity index (χ0) is 17.8. The van der Waals surface area contributed by atoms with Gasteiger partial charge in [-0.25, -0.2) is 4.98 Å². The maximum Gasteiger partial charge on any atom is 0.240 e. The van der Waals surface area contributed by atoms with E-state index in [1.165, 1.54) is 11.3 Å². The first-order valence-corrected chi connectivity index (χ1v) is 9.78. The molecule has 0 bridgehead atoms. The summed E-state index contributed by atoms with van der Waals surface area (Å²) in [6.45, 7) is 4.51. The van der Waals surface area contributed by atoms with Crippen LogP contribution in [0.25, 0.3) is 10.2 Å². The first kappa shape index (κ1) is 17.9. The van der Waals surface area contributed by atoms with Gasteiger partial charge in [0, 0.05) is 0 Å². The second kappa shape index (κ2) is 7.97. The maximum absolute atomic E-state index is 12.1. The van der Waals surface area contributed by atoms with E-state index in [1.54, 1.807) is 0 Å². The molecular weight excluding hydrogens is 400 g/mol. The quantitative estimate of drug-likeness (QED) is 0.557. The second-order valence-corrected chi connectivity index (χ2v) is 8.08. The fourth-order valence-corrected chi connectivity index (χ4v) is 3.28. The van der Waals surface area contributed by atoms with Gasteiger partial charge < -0.3 is 10.1 Å². The number of nitrogens with zero attached hydrogens (tertiary/aromatic N) is 1. The average molecular weight is 419 g/mol. The lowest BCUT2D eigenvalue weighted by atomic mass is 10.1. The van der Waals surface area contributed by atoms with Crippen molar-refractivity contribution in [1.82, 2.24) is 4.98 Å². The van der Waals surface area contributed by atoms with Crippen LogP contribution in [0, 0.1) is 5.92 Å². The Labute approximate surface area is 159 Å². The van der Waals surface area contributed by atoms with Crippen molar-refractivity contribution in [2.75, 3.05) is 5.32 Å². The Bertz CT molecular complexity index is 864. The van der Waals surface area contributed by atoms with Gasteiger partial charge in [0.1, 0.15) is 12.4 Å². The average Bonchev–Trinajstić information content (AvgIpc) is 3.01. The van der Waals surface area contributed by atoms with E-state index in [2.05, 4.69) is 26.2 Å². The SMILES string of the molecule is CC(C)[C@H](Br)C(=O)Nc1nc2ccc(OCc3ccccc3)cc2s1. The van der Waals surface area contributed by atoms with Crippen LogP contribution in [0.5, 0.6) is 5.75 Å². The van der Waals surface area contributed by atoms with Crippen LogP contribution in [-0.4, -0.2) is 15.7 Å². The number of alkyl halides is 1. The van der Waals surface area contributed by atoms with Crippen LogP contribution in [0.4, 0.5) is 5.13 Å². The van der Waals surface area contributed by atoms with E-state index < -0.39 is 0 Å². The minimum atomic E-state index is -0.232. The molecule has 0 aliphatic rings. The minimum Gasteiger partial charge on any atom is -0.489 e. The molecule has 25 heavy (non-hydrogen) atoms. The number of thiazole rings is 1. The third-order valence-electron chi connectivity index (χ3n) is 3.67. The number of halogens is 1. The van der Waals surface area contributed by atoms with Crippen molar-refractivity contribution < 1.29 is 9.53 Å². The highest BCUT2D eigenvalue weighted by Gasteiger charge is 2.19. The summed E-state index contributed by atoms with van der Waals surface area (Å²) >= 11 is 4.85. The monoisotopic (exact) mass is 418 g/mol. The maximum atomic E-state index is 12.1. The van der Waals surface area contributed by atoms with Gasteiger partial charge >= 0.3 is 0 Å². The van der Waals surface area contributed by atoms with Gasteiger partial charge in [0.25, 0.3) is 0 Å². The van der Waals surface area contributed by atoms with Crippen molar-refractivity contribution >= 4 is 48.5 Å². The number of benzene rings is 2. The molecule has 0 aliphatic carbocycles. The number of ether oxygens (including phenoxy) is 1. The Balaban J connectivity index is 1.70. The number of amides is 1. The normalized spacial score (nSPS) is 12.3. The largest absolute Gasteiger partial charge is 0.489 e. The summed E-state index contributed by atoms with van der Waals surface area (Å²) in [5, 5.41) is 3.47. The number of hydrogen-bond donors (Lipinski definition) is 1. The van der Waals surface area contributed by atoms with Gasteiger partial charge in [-0.15, -0.1) is 0 Å². The zero-order valence-electron chi connectivity index (χ0n) is 14.0. The molecule has 6 heteroatoms. The molecule has 0 fully saturated rings. The molecule has 0 spiro atoms. The van der Waals surface area contributed by atoms with Crippen molar-refractivity contribution in [3.05, 3.63) is 54.1 Å². The van der Waals surface area contributed by atoms with Crippen molar-refractivity contribution in [2.24, 2.45) is 5.92 Å². The number of hydrogen-bond acceptors (Lipinski definition) is 4. The molecule has 0 saturated carbocycles. The predicted octanol–water partition coefficient (Wildman–Crippen LogP) is 5.23. The Morgan fingerprint density at radius 1 is 1.24 bits per heavy atom. The third kappa shape index (κ3) is 4.58. The molecule has 0 unspecified atom stereocenters. The van der Waals surface area contributed by atoms with E-state index in [4.69, 9.17) is 4.74 Å². The van der Waals surface area contributed by atoms with Gasteiger partial charge in [-0.3, -0.25) is 4.79 Å². The minimum absolute atomic E-state index is 0.0744. The summed E-state index contributed by atoms with van der Waals surface area (Å²) in [4.78, 5) is 16.4. The Morgan fingerprint density at radius 3 is 2.72 bits per heavy atom. The molecule has 3 rings (SSSR count). The van der Waals surface area contributed by atoms with Crippen LogP contribution in [0.3, 0.4) is 0 Å². The number of carbonyl (C=O) groups is 1. The first-order chi connectivity index (χ1) is 12.0. The number of fused-ring (bicyclic) bond motifs is 1. The summed E-state index contributed by atoms with van der Waals surface area (Å²) in [7, 11) is 0. The molecule has 1 atom stereocenters. The molecule has 130 valence electrons. The highest BCUT2D eigenvalue weighted by molar-refractivity contribution is 9.10. The Kier molecular flexibility index (Phi) is 5.71. The van der Waals surface area contributed by atoms with Gasteiger partial charge in [0.05, 0.1) is 15.0 Å². The highest BCUT2D eigenvalue weighted by atomic mass is 79.9. The Hall–Kier alpha value is -1.92. The van der Waals surface area contributed by atoms with Crippen LogP contribution in [-0.2, 0) is 11.4 Å². The lowest BCUT2D eigenvalue weighted by molar-refractivity contribution is -0.116. The molecule has 1 amide bonds. The van der Waals surface area contributed by atoms with Crippen LogP contribution in [0.15, 0.2) is 48.5 Å². The van der Waals surface area contributed by atoms with Gasteiger partial charge in [0.2, 0.25) is 5.91 Å². The molecule has 0 radical (unpaired) electrons. The van der Waals surface area contributed by atoms with Crippen molar-refractivity contribution in [3.63, 3.8) is 0 Å². The number of nitrogens with one attached hydrogen (secondary N) is 1. The van der Waals surface area contributed by atoms with Gasteiger partial charge in [-0.2, -0.15) is 0 Å². The molecular formula is C19H19BrN2O2S. The van der Waals surface area contributed by atoms with E-state index in [0.717, 1.165) is 21.5 Å². The molecule has 1 aromatic heterocycles. The molecule has 0 saturated heterocycles. The van der Waals surface area contributed by atoms with Crippen LogP contribution in [0.1, 0.15) is 19.4 Å². The lowest BCUT2D eigenvalue weighted by Gasteiger charge is -2.11. The summed E-state index contributed by atoms with van der Waals surface area (Å²) in [6.07, 6.45) is 0. The predicted molar refractivity (Wildman–Crippen MR) is 107 cm³/mol.